The molecule has 4 heterocycles. The average Bonchev–Trinajstić information content (AvgIpc) is 3.58. The molecule has 2 aromatic carbocycles. The molecule has 1 aromatic heterocycles. The third-order valence-corrected chi connectivity index (χ3v) is 10.5. The van der Waals surface area contributed by atoms with Gasteiger partial charge in [-0.15, -0.1) is 11.3 Å². The topological polar surface area (TPSA) is 96.0 Å². The van der Waals surface area contributed by atoms with Crippen LogP contribution in [0.25, 0.3) is 0 Å². The molecule has 1 spiro atoms. The summed E-state index contributed by atoms with van der Waals surface area (Å²) in [7, 11) is 0. The zero-order valence-electron chi connectivity index (χ0n) is 19.9. The largest absolute Gasteiger partial charge is 0.504 e. The van der Waals surface area contributed by atoms with Crippen molar-refractivity contribution in [2.24, 2.45) is 5.92 Å². The molecule has 3 aliphatic heterocycles. The van der Waals surface area contributed by atoms with Crippen molar-refractivity contribution in [3.63, 3.8) is 0 Å². The van der Waals surface area contributed by atoms with Gasteiger partial charge >= 0.3 is 0 Å². The van der Waals surface area contributed by atoms with Crippen LogP contribution >= 0.6 is 11.3 Å². The number of rotatable bonds is 4. The smallest absolute Gasteiger partial charge is 0.196 e. The molecule has 7 heteroatoms. The number of benzene rings is 2. The number of nitrogens with zero attached hydrogens (tertiary/aromatic N) is 1. The number of nitrogen functional groups attached to an aromatic ring is 1. The first-order valence-corrected chi connectivity index (χ1v) is 13.7. The zero-order chi connectivity index (χ0) is 24.4. The summed E-state index contributed by atoms with van der Waals surface area (Å²) < 4.78 is 6.64. The van der Waals surface area contributed by atoms with E-state index in [9.17, 15) is 15.0 Å². The highest BCUT2D eigenvalue weighted by Crippen LogP contribution is 2.71. The summed E-state index contributed by atoms with van der Waals surface area (Å²) in [5, 5.41) is 24.0. The summed E-state index contributed by atoms with van der Waals surface area (Å²) in [6.07, 6.45) is 3.78. The van der Waals surface area contributed by atoms with Crippen molar-refractivity contribution >= 4 is 22.1 Å². The van der Waals surface area contributed by atoms with Gasteiger partial charge in [0.25, 0.3) is 0 Å². The Morgan fingerprint density at radius 3 is 2.78 bits per heavy atom. The molecule has 1 saturated carbocycles. The van der Waals surface area contributed by atoms with E-state index in [0.29, 0.717) is 34.7 Å². The van der Waals surface area contributed by atoms with Crippen LogP contribution in [0.4, 0.5) is 5.00 Å². The molecule has 1 saturated heterocycles. The maximum atomic E-state index is 13.8. The molecule has 0 radical (unpaired) electrons. The average molecular weight is 501 g/mol. The van der Waals surface area contributed by atoms with Gasteiger partial charge in [0.15, 0.2) is 17.3 Å². The third-order valence-electron chi connectivity index (χ3n) is 9.47. The lowest BCUT2D eigenvalue weighted by atomic mass is 9.52. The number of hydrogen-bond donors (Lipinski definition) is 3. The van der Waals surface area contributed by atoms with Gasteiger partial charge in [-0.2, -0.15) is 0 Å². The van der Waals surface area contributed by atoms with Gasteiger partial charge in [-0.1, -0.05) is 36.4 Å². The molecule has 4 N–H and O–H groups in total. The SMILES string of the molecule is Nc1sc2c(c1C(=O)c1ccccc1)C1Oc3c(O)ccc4c3[C@@]13CCN(CC1CC1)C4C[C@]3(O)C2. The number of fused-ring (bicyclic) bond motifs is 4. The summed E-state index contributed by atoms with van der Waals surface area (Å²) >= 11 is 1.40. The monoisotopic (exact) mass is 500 g/mol. The Bertz CT molecular complexity index is 1450. The molecule has 6 aliphatic rings. The second-order valence-electron chi connectivity index (χ2n) is 11.3. The van der Waals surface area contributed by atoms with Crippen molar-refractivity contribution in [3.8, 4) is 11.5 Å². The number of carbonyl (C=O) groups excluding carboxylic acids is 1. The van der Waals surface area contributed by atoms with Crippen LogP contribution in [0.5, 0.6) is 11.5 Å². The maximum Gasteiger partial charge on any atom is 0.196 e. The van der Waals surface area contributed by atoms with Gasteiger partial charge in [0.2, 0.25) is 0 Å². The number of aromatic hydroxyl groups is 1. The Kier molecular flexibility index (Phi) is 4.08. The van der Waals surface area contributed by atoms with Crippen LogP contribution in [0.2, 0.25) is 0 Å². The highest BCUT2D eigenvalue weighted by atomic mass is 32.1. The van der Waals surface area contributed by atoms with Crippen LogP contribution in [-0.4, -0.2) is 39.6 Å². The van der Waals surface area contributed by atoms with Crippen molar-refractivity contribution in [2.45, 2.75) is 55.3 Å². The predicted molar refractivity (Wildman–Crippen MR) is 137 cm³/mol. The molecule has 36 heavy (non-hydrogen) atoms. The van der Waals surface area contributed by atoms with Gasteiger partial charge < -0.3 is 20.7 Å². The molecule has 2 fully saturated rings. The number of carbonyl (C=O) groups is 1. The van der Waals surface area contributed by atoms with E-state index in [2.05, 4.69) is 4.90 Å². The van der Waals surface area contributed by atoms with E-state index in [1.807, 2.05) is 36.4 Å². The van der Waals surface area contributed by atoms with Crippen LogP contribution < -0.4 is 10.5 Å². The van der Waals surface area contributed by atoms with Crippen molar-refractivity contribution in [1.29, 1.82) is 0 Å². The standard InChI is InChI=1S/C29H28N2O4S/c30-27-22(24(33)16-4-2-1-3-5-16)21-20(36-27)13-28(34)12-18-17-8-9-19(32)25-23(17)29(28,26(21)35-25)10-11-31(18)14-15-6-7-15/h1-5,8-9,15,18,26,32,34H,6-7,10-14,30H2/t18?,26?,28-,29-/m0/s1. The molecule has 9 rings (SSSR count). The molecular formula is C29H28N2O4S. The Balaban J connectivity index is 1.36. The fraction of sp³-hybridized carbons (Fsp3) is 0.414. The summed E-state index contributed by atoms with van der Waals surface area (Å²) in [6.45, 7) is 1.90. The number of aliphatic hydroxyl groups is 1. The van der Waals surface area contributed by atoms with Crippen LogP contribution in [0.1, 0.15) is 75.3 Å². The number of anilines is 1. The number of phenols is 1. The fourth-order valence-corrected chi connectivity index (χ4v) is 8.91. The second-order valence-corrected chi connectivity index (χ2v) is 12.5. The molecule has 4 atom stereocenters. The quantitative estimate of drug-likeness (QED) is 0.457. The summed E-state index contributed by atoms with van der Waals surface area (Å²) in [6, 6.07) is 13.1. The molecule has 3 aromatic rings. The van der Waals surface area contributed by atoms with Crippen molar-refractivity contribution in [2.75, 3.05) is 18.8 Å². The number of thiophene rings is 1. The first-order valence-electron chi connectivity index (χ1n) is 12.9. The van der Waals surface area contributed by atoms with Crippen molar-refractivity contribution < 1.29 is 19.7 Å². The first kappa shape index (κ1) is 21.2. The molecular weight excluding hydrogens is 472 g/mol. The van der Waals surface area contributed by atoms with Gasteiger partial charge in [-0.3, -0.25) is 9.69 Å². The van der Waals surface area contributed by atoms with E-state index in [4.69, 9.17) is 10.5 Å². The number of hydrogen-bond acceptors (Lipinski definition) is 7. The summed E-state index contributed by atoms with van der Waals surface area (Å²) in [5.41, 5.74) is 8.78. The molecule has 2 unspecified atom stereocenters. The van der Waals surface area contributed by atoms with E-state index >= 15 is 0 Å². The van der Waals surface area contributed by atoms with E-state index in [1.54, 1.807) is 6.07 Å². The number of phenolic OH excluding ortho intramolecular Hbond substituents is 1. The minimum absolute atomic E-state index is 0.0900. The Morgan fingerprint density at radius 2 is 2.00 bits per heavy atom. The summed E-state index contributed by atoms with van der Waals surface area (Å²) in [4.78, 5) is 17.3. The highest BCUT2D eigenvalue weighted by molar-refractivity contribution is 7.16. The molecule has 2 bridgehead atoms. The van der Waals surface area contributed by atoms with Crippen LogP contribution in [0.15, 0.2) is 42.5 Å². The predicted octanol–water partition coefficient (Wildman–Crippen LogP) is 4.49. The van der Waals surface area contributed by atoms with Crippen LogP contribution in [0.3, 0.4) is 0 Å². The normalized spacial score (nSPS) is 31.5. The van der Waals surface area contributed by atoms with Gasteiger partial charge in [0, 0.05) is 40.6 Å². The van der Waals surface area contributed by atoms with Crippen LogP contribution in [0, 0.1) is 5.92 Å². The Morgan fingerprint density at radius 1 is 1.19 bits per heavy atom. The lowest BCUT2D eigenvalue weighted by Gasteiger charge is -2.53. The molecule has 3 aliphatic carbocycles. The lowest BCUT2D eigenvalue weighted by molar-refractivity contribution is -0.0979. The minimum Gasteiger partial charge on any atom is -0.504 e. The van der Waals surface area contributed by atoms with Gasteiger partial charge in [0.1, 0.15) is 6.10 Å². The highest BCUT2D eigenvalue weighted by Gasteiger charge is 2.70. The van der Waals surface area contributed by atoms with E-state index in [1.165, 1.54) is 24.2 Å². The number of nitrogens with two attached hydrogens (primary N) is 1. The van der Waals surface area contributed by atoms with E-state index in [0.717, 1.165) is 47.0 Å². The Labute approximate surface area is 213 Å². The van der Waals surface area contributed by atoms with Crippen molar-refractivity contribution in [3.05, 3.63) is 75.2 Å². The number of ketones is 1. The second kappa shape index (κ2) is 6.91. The number of ether oxygens (including phenoxy) is 1. The summed E-state index contributed by atoms with van der Waals surface area (Å²) in [5.74, 6) is 1.20. The first-order chi connectivity index (χ1) is 17.4. The minimum atomic E-state index is -1.04. The van der Waals surface area contributed by atoms with Gasteiger partial charge in [0.05, 0.1) is 21.6 Å². The zero-order valence-corrected chi connectivity index (χ0v) is 20.7. The third kappa shape index (κ3) is 2.51. The molecule has 6 nitrogen and oxygen atoms in total. The van der Waals surface area contributed by atoms with Gasteiger partial charge in [-0.05, 0) is 49.8 Å². The van der Waals surface area contributed by atoms with E-state index < -0.39 is 17.1 Å². The fourth-order valence-electron chi connectivity index (χ4n) is 7.71. The van der Waals surface area contributed by atoms with Crippen molar-refractivity contribution in [1.82, 2.24) is 4.90 Å². The molecule has 0 amide bonds. The van der Waals surface area contributed by atoms with Crippen LogP contribution in [-0.2, 0) is 11.8 Å². The van der Waals surface area contributed by atoms with E-state index in [-0.39, 0.29) is 17.6 Å². The Hall–Kier alpha value is -2.87. The lowest BCUT2D eigenvalue weighted by Crippen LogP contribution is -2.60. The maximum absolute atomic E-state index is 13.8. The molecule has 184 valence electrons. The van der Waals surface area contributed by atoms with Gasteiger partial charge in [-0.25, -0.2) is 0 Å².